The first-order chi connectivity index (χ1) is 4.45. The minimum absolute atomic E-state index is 0.362. The van der Waals surface area contributed by atoms with Crippen LogP contribution in [0.1, 0.15) is 20.3 Å². The second kappa shape index (κ2) is 4.12. The summed E-state index contributed by atoms with van der Waals surface area (Å²) in [4.78, 5) is 8.70. The molecule has 0 heterocycles. The summed E-state index contributed by atoms with van der Waals surface area (Å²) >= 11 is 0. The van der Waals surface area contributed by atoms with E-state index in [1.807, 2.05) is 13.8 Å². The summed E-state index contributed by atoms with van der Waals surface area (Å²) in [7, 11) is -3.23. The molecule has 0 aliphatic rings. The van der Waals surface area contributed by atoms with Crippen LogP contribution in [-0.2, 0) is 9.09 Å². The maximum absolute atomic E-state index is 10.6. The average molecular weight is 166 g/mol. The second-order valence-corrected chi connectivity index (χ2v) is 4.48. The van der Waals surface area contributed by atoms with E-state index in [2.05, 4.69) is 0 Å². The van der Waals surface area contributed by atoms with Crippen LogP contribution in [0.3, 0.4) is 0 Å². The highest BCUT2D eigenvalue weighted by Crippen LogP contribution is 2.36. The summed E-state index contributed by atoms with van der Waals surface area (Å²) < 4.78 is 15.3. The highest BCUT2D eigenvalue weighted by Gasteiger charge is 2.10. The standard InChI is InChI=1S/C6H15O3P/c1-4-6(2)5-9-10(3,7)8/h6H,4-5H2,1-3H3,(H,7,8). The maximum Gasteiger partial charge on any atom is 0.325 e. The highest BCUT2D eigenvalue weighted by molar-refractivity contribution is 7.51. The normalized spacial score (nSPS) is 20.0. The van der Waals surface area contributed by atoms with E-state index >= 15 is 0 Å². The molecule has 2 atom stereocenters. The van der Waals surface area contributed by atoms with Crippen molar-refractivity contribution in [2.24, 2.45) is 5.92 Å². The zero-order chi connectivity index (χ0) is 8.20. The molecule has 0 fully saturated rings. The van der Waals surface area contributed by atoms with Crippen LogP contribution in [0, 0.1) is 5.92 Å². The number of rotatable bonds is 4. The minimum Gasteiger partial charge on any atom is -0.324 e. The molecule has 10 heavy (non-hydrogen) atoms. The van der Waals surface area contributed by atoms with Crippen LogP contribution in [0.15, 0.2) is 0 Å². The predicted molar refractivity (Wildman–Crippen MR) is 41.2 cm³/mol. The van der Waals surface area contributed by atoms with Gasteiger partial charge in [-0.3, -0.25) is 4.57 Å². The van der Waals surface area contributed by atoms with Gasteiger partial charge in [-0.05, 0) is 5.92 Å². The fraction of sp³-hybridized carbons (Fsp3) is 1.00. The van der Waals surface area contributed by atoms with Crippen molar-refractivity contribution in [2.75, 3.05) is 13.3 Å². The molecule has 0 spiro atoms. The van der Waals surface area contributed by atoms with Gasteiger partial charge in [0.25, 0.3) is 0 Å². The van der Waals surface area contributed by atoms with E-state index in [-0.39, 0.29) is 0 Å². The molecule has 62 valence electrons. The first-order valence-electron chi connectivity index (χ1n) is 3.40. The molecule has 3 nitrogen and oxygen atoms in total. The molecular weight excluding hydrogens is 151 g/mol. The van der Waals surface area contributed by atoms with Gasteiger partial charge < -0.3 is 9.42 Å². The van der Waals surface area contributed by atoms with Crippen LogP contribution in [0.25, 0.3) is 0 Å². The van der Waals surface area contributed by atoms with E-state index in [9.17, 15) is 4.57 Å². The molecule has 0 radical (unpaired) electrons. The van der Waals surface area contributed by atoms with Crippen molar-refractivity contribution in [2.45, 2.75) is 20.3 Å². The highest BCUT2D eigenvalue weighted by atomic mass is 31.2. The maximum atomic E-state index is 10.6. The molecule has 0 aliphatic heterocycles. The minimum atomic E-state index is -3.23. The van der Waals surface area contributed by atoms with E-state index in [1.165, 1.54) is 6.66 Å². The van der Waals surface area contributed by atoms with Gasteiger partial charge in [0.2, 0.25) is 0 Å². The van der Waals surface area contributed by atoms with E-state index in [4.69, 9.17) is 9.42 Å². The van der Waals surface area contributed by atoms with Gasteiger partial charge in [-0.15, -0.1) is 0 Å². The van der Waals surface area contributed by atoms with E-state index in [0.29, 0.717) is 12.5 Å². The van der Waals surface area contributed by atoms with Crippen molar-refractivity contribution < 1.29 is 14.0 Å². The van der Waals surface area contributed by atoms with E-state index in [1.54, 1.807) is 0 Å². The van der Waals surface area contributed by atoms with E-state index in [0.717, 1.165) is 6.42 Å². The molecular formula is C6H15O3P. The molecule has 2 unspecified atom stereocenters. The third-order valence-corrected chi connectivity index (χ3v) is 1.92. The van der Waals surface area contributed by atoms with Crippen LogP contribution in [-0.4, -0.2) is 18.2 Å². The Hall–Kier alpha value is 0.150. The fourth-order valence-electron chi connectivity index (χ4n) is 0.383. The summed E-state index contributed by atoms with van der Waals surface area (Å²) in [5.74, 6) is 0.362. The molecule has 0 aromatic carbocycles. The first-order valence-corrected chi connectivity index (χ1v) is 5.43. The lowest BCUT2D eigenvalue weighted by molar-refractivity contribution is 0.223. The van der Waals surface area contributed by atoms with Gasteiger partial charge in [-0.1, -0.05) is 20.3 Å². The molecule has 0 aromatic rings. The van der Waals surface area contributed by atoms with Gasteiger partial charge in [0.1, 0.15) is 0 Å². The van der Waals surface area contributed by atoms with Crippen LogP contribution in [0.4, 0.5) is 0 Å². The van der Waals surface area contributed by atoms with Gasteiger partial charge in [0.05, 0.1) is 6.61 Å². The largest absolute Gasteiger partial charge is 0.325 e. The quantitative estimate of drug-likeness (QED) is 0.648. The summed E-state index contributed by atoms with van der Waals surface area (Å²) in [5, 5.41) is 0. The summed E-state index contributed by atoms with van der Waals surface area (Å²) in [5.41, 5.74) is 0. The lowest BCUT2D eigenvalue weighted by Gasteiger charge is -2.10. The van der Waals surface area contributed by atoms with Crippen molar-refractivity contribution >= 4 is 7.60 Å². The van der Waals surface area contributed by atoms with Crippen molar-refractivity contribution in [1.82, 2.24) is 0 Å². The summed E-state index contributed by atoms with van der Waals surface area (Å²) in [6.07, 6.45) is 0.972. The van der Waals surface area contributed by atoms with Gasteiger partial charge >= 0.3 is 7.60 Å². The first kappa shape index (κ1) is 10.2. The Kier molecular flexibility index (Phi) is 4.18. The Labute approximate surface area is 61.9 Å². The monoisotopic (exact) mass is 166 g/mol. The van der Waals surface area contributed by atoms with Gasteiger partial charge in [-0.25, -0.2) is 0 Å². The van der Waals surface area contributed by atoms with Crippen LogP contribution < -0.4 is 0 Å². The fourth-order valence-corrected chi connectivity index (χ4v) is 0.914. The Bertz CT molecular complexity index is 129. The number of hydrogen-bond donors (Lipinski definition) is 1. The van der Waals surface area contributed by atoms with Crippen molar-refractivity contribution in [3.8, 4) is 0 Å². The lowest BCUT2D eigenvalue weighted by Crippen LogP contribution is -2.02. The summed E-state index contributed by atoms with van der Waals surface area (Å²) in [6.45, 7) is 5.58. The van der Waals surface area contributed by atoms with E-state index < -0.39 is 7.60 Å². The average Bonchev–Trinajstić information content (AvgIpc) is 1.81. The predicted octanol–water partition coefficient (Wildman–Crippen LogP) is 1.86. The molecule has 4 heteroatoms. The smallest absolute Gasteiger partial charge is 0.324 e. The van der Waals surface area contributed by atoms with Gasteiger partial charge in [-0.2, -0.15) is 0 Å². The molecule has 0 rings (SSSR count). The molecule has 1 N–H and O–H groups in total. The van der Waals surface area contributed by atoms with Crippen LogP contribution in [0.5, 0.6) is 0 Å². The SMILES string of the molecule is CCC(C)COP(C)(=O)O. The van der Waals surface area contributed by atoms with Gasteiger partial charge in [0, 0.05) is 6.66 Å². The lowest BCUT2D eigenvalue weighted by atomic mass is 10.1. The topological polar surface area (TPSA) is 46.5 Å². The third-order valence-electron chi connectivity index (χ3n) is 1.30. The number of hydrogen-bond acceptors (Lipinski definition) is 2. The summed E-state index contributed by atoms with van der Waals surface area (Å²) in [6, 6.07) is 0. The Balaban J connectivity index is 3.46. The zero-order valence-corrected chi connectivity index (χ0v) is 7.60. The molecule has 0 saturated carbocycles. The van der Waals surface area contributed by atoms with Crippen LogP contribution >= 0.6 is 7.60 Å². The van der Waals surface area contributed by atoms with Gasteiger partial charge in [0.15, 0.2) is 0 Å². The Morgan fingerprint density at radius 1 is 1.70 bits per heavy atom. The van der Waals surface area contributed by atoms with Crippen LogP contribution in [0.2, 0.25) is 0 Å². The molecule has 0 aromatic heterocycles. The molecule has 0 amide bonds. The Morgan fingerprint density at radius 3 is 2.50 bits per heavy atom. The molecule has 0 saturated heterocycles. The van der Waals surface area contributed by atoms with Crippen molar-refractivity contribution in [1.29, 1.82) is 0 Å². The molecule has 0 bridgehead atoms. The zero-order valence-electron chi connectivity index (χ0n) is 6.70. The Morgan fingerprint density at radius 2 is 2.20 bits per heavy atom. The third kappa shape index (κ3) is 6.27. The van der Waals surface area contributed by atoms with Crippen molar-refractivity contribution in [3.05, 3.63) is 0 Å². The molecule has 0 aliphatic carbocycles. The second-order valence-electron chi connectivity index (χ2n) is 2.61. The van der Waals surface area contributed by atoms with Crippen molar-refractivity contribution in [3.63, 3.8) is 0 Å².